The van der Waals surface area contributed by atoms with Crippen molar-refractivity contribution in [2.24, 2.45) is 0 Å². The number of aromatic nitrogens is 2. The van der Waals surface area contributed by atoms with E-state index in [4.69, 9.17) is 9.47 Å². The largest absolute Gasteiger partial charge is 0.384 e. The molecule has 0 aliphatic rings. The van der Waals surface area contributed by atoms with Crippen LogP contribution in [0.5, 0.6) is 0 Å². The van der Waals surface area contributed by atoms with Crippen molar-refractivity contribution in [3.63, 3.8) is 0 Å². The molecule has 0 unspecified atom stereocenters. The highest BCUT2D eigenvalue weighted by atomic mass is 16.5. The van der Waals surface area contributed by atoms with E-state index in [0.29, 0.717) is 19.6 Å². The molecule has 0 aromatic carbocycles. The van der Waals surface area contributed by atoms with E-state index in [9.17, 15) is 0 Å². The van der Waals surface area contributed by atoms with Gasteiger partial charge in [0.25, 0.3) is 0 Å². The van der Waals surface area contributed by atoms with Crippen LogP contribution < -0.4 is 5.32 Å². The third kappa shape index (κ3) is 4.12. The molecule has 1 aromatic heterocycles. The molecule has 0 radical (unpaired) electrons. The lowest BCUT2D eigenvalue weighted by molar-refractivity contribution is 0.180. The van der Waals surface area contributed by atoms with Crippen molar-refractivity contribution in [1.29, 1.82) is 0 Å². The number of hydrogen-bond donors (Lipinski definition) is 1. The van der Waals surface area contributed by atoms with Gasteiger partial charge in [-0.15, -0.1) is 0 Å². The Morgan fingerprint density at radius 3 is 2.69 bits per heavy atom. The van der Waals surface area contributed by atoms with Crippen LogP contribution in [0.25, 0.3) is 0 Å². The van der Waals surface area contributed by atoms with Gasteiger partial charge >= 0.3 is 0 Å². The van der Waals surface area contributed by atoms with Gasteiger partial charge in [-0.25, -0.2) is 9.97 Å². The lowest BCUT2D eigenvalue weighted by atomic mass is 10.3. The topological polar surface area (TPSA) is 56.3 Å². The van der Waals surface area contributed by atoms with Crippen LogP contribution in [0.3, 0.4) is 0 Å². The summed E-state index contributed by atoms with van der Waals surface area (Å²) in [5, 5.41) is 3.18. The number of ether oxygens (including phenoxy) is 2. The van der Waals surface area contributed by atoms with E-state index in [2.05, 4.69) is 15.3 Å². The van der Waals surface area contributed by atoms with Gasteiger partial charge in [-0.1, -0.05) is 0 Å². The molecule has 1 N–H and O–H groups in total. The molecule has 1 heterocycles. The summed E-state index contributed by atoms with van der Waals surface area (Å²) in [4.78, 5) is 8.77. The quantitative estimate of drug-likeness (QED) is 0.756. The van der Waals surface area contributed by atoms with Gasteiger partial charge in [-0.2, -0.15) is 0 Å². The van der Waals surface area contributed by atoms with Crippen LogP contribution in [0.1, 0.15) is 18.4 Å². The summed E-state index contributed by atoms with van der Waals surface area (Å²) >= 11 is 0. The zero-order valence-electron chi connectivity index (χ0n) is 10.1. The lowest BCUT2D eigenvalue weighted by Crippen LogP contribution is -2.08. The van der Waals surface area contributed by atoms with E-state index in [1.807, 2.05) is 13.0 Å². The molecule has 0 saturated heterocycles. The number of nitrogens with zero attached hydrogens (tertiary/aromatic N) is 2. The second-order valence-electron chi connectivity index (χ2n) is 3.37. The fourth-order valence-electron chi connectivity index (χ4n) is 1.35. The maximum atomic E-state index is 5.07. The van der Waals surface area contributed by atoms with Crippen LogP contribution >= 0.6 is 0 Å². The van der Waals surface area contributed by atoms with Crippen molar-refractivity contribution < 1.29 is 9.47 Å². The molecule has 0 amide bonds. The molecule has 0 aliphatic heterocycles. The number of nitrogens with one attached hydrogen (secondary N) is 1. The fourth-order valence-corrected chi connectivity index (χ4v) is 1.35. The standard InChI is InChI=1S/C11H19N3O2/c1-4-12-11-7-9(8-16-3)13-10(14-11)5-6-15-2/h7H,4-6,8H2,1-3H3,(H,12,13,14). The summed E-state index contributed by atoms with van der Waals surface area (Å²) in [5.41, 5.74) is 0.888. The fraction of sp³-hybridized carbons (Fsp3) is 0.636. The SMILES string of the molecule is CCNc1cc(COC)nc(CCOC)n1. The predicted molar refractivity (Wildman–Crippen MR) is 62.5 cm³/mol. The van der Waals surface area contributed by atoms with Gasteiger partial charge in [0.2, 0.25) is 0 Å². The first-order valence-corrected chi connectivity index (χ1v) is 5.38. The molecule has 16 heavy (non-hydrogen) atoms. The second-order valence-corrected chi connectivity index (χ2v) is 3.37. The smallest absolute Gasteiger partial charge is 0.133 e. The Morgan fingerprint density at radius 1 is 1.25 bits per heavy atom. The summed E-state index contributed by atoms with van der Waals surface area (Å²) in [6.07, 6.45) is 0.715. The molecule has 0 spiro atoms. The Bertz CT molecular complexity index is 294. The summed E-state index contributed by atoms with van der Waals surface area (Å²) in [7, 11) is 3.33. The monoisotopic (exact) mass is 225 g/mol. The van der Waals surface area contributed by atoms with Crippen LogP contribution in [0.4, 0.5) is 5.82 Å². The summed E-state index contributed by atoms with van der Waals surface area (Å²) in [5.74, 6) is 1.63. The highest BCUT2D eigenvalue weighted by Crippen LogP contribution is 2.08. The molecule has 5 heteroatoms. The van der Waals surface area contributed by atoms with E-state index < -0.39 is 0 Å². The third-order valence-corrected chi connectivity index (χ3v) is 2.01. The molecule has 5 nitrogen and oxygen atoms in total. The molecular formula is C11H19N3O2. The molecule has 1 rings (SSSR count). The van der Waals surface area contributed by atoms with Crippen LogP contribution in [-0.4, -0.2) is 37.3 Å². The van der Waals surface area contributed by atoms with E-state index in [1.54, 1.807) is 14.2 Å². The summed E-state index contributed by atoms with van der Waals surface area (Å²) in [6, 6.07) is 1.91. The molecule has 0 bridgehead atoms. The molecular weight excluding hydrogens is 206 g/mol. The Morgan fingerprint density at radius 2 is 2.06 bits per heavy atom. The molecule has 90 valence electrons. The van der Waals surface area contributed by atoms with Gasteiger partial charge < -0.3 is 14.8 Å². The maximum absolute atomic E-state index is 5.07. The molecule has 0 fully saturated rings. The van der Waals surface area contributed by atoms with E-state index in [-0.39, 0.29) is 0 Å². The number of anilines is 1. The van der Waals surface area contributed by atoms with Crippen LogP contribution in [0.2, 0.25) is 0 Å². The van der Waals surface area contributed by atoms with Gasteiger partial charge in [0.05, 0.1) is 18.9 Å². The molecule has 0 aliphatic carbocycles. The molecule has 1 aromatic rings. The van der Waals surface area contributed by atoms with Gasteiger partial charge in [-0.3, -0.25) is 0 Å². The minimum Gasteiger partial charge on any atom is -0.384 e. The highest BCUT2D eigenvalue weighted by molar-refractivity contribution is 5.35. The van der Waals surface area contributed by atoms with Crippen molar-refractivity contribution >= 4 is 5.82 Å². The Hall–Kier alpha value is -1.20. The molecule has 0 saturated carbocycles. The predicted octanol–water partition coefficient (Wildman–Crippen LogP) is 1.24. The zero-order chi connectivity index (χ0) is 11.8. The first kappa shape index (κ1) is 12.9. The van der Waals surface area contributed by atoms with Crippen molar-refractivity contribution in [1.82, 2.24) is 9.97 Å². The number of hydrogen-bond acceptors (Lipinski definition) is 5. The van der Waals surface area contributed by atoms with Crippen LogP contribution in [-0.2, 0) is 22.5 Å². The number of methoxy groups -OCH3 is 2. The van der Waals surface area contributed by atoms with Gasteiger partial charge in [0, 0.05) is 33.3 Å². The summed E-state index contributed by atoms with van der Waals surface area (Å²) < 4.78 is 10.1. The number of rotatable bonds is 7. The Labute approximate surface area is 96.2 Å². The highest BCUT2D eigenvalue weighted by Gasteiger charge is 2.04. The van der Waals surface area contributed by atoms with Crippen LogP contribution in [0, 0.1) is 0 Å². The summed E-state index contributed by atoms with van der Waals surface area (Å²) in [6.45, 7) is 4.00. The van der Waals surface area contributed by atoms with E-state index in [0.717, 1.165) is 23.9 Å². The van der Waals surface area contributed by atoms with E-state index in [1.165, 1.54) is 0 Å². The Kier molecular flexibility index (Phi) is 5.74. The van der Waals surface area contributed by atoms with Crippen molar-refractivity contribution in [3.05, 3.63) is 17.6 Å². The third-order valence-electron chi connectivity index (χ3n) is 2.01. The van der Waals surface area contributed by atoms with Crippen LogP contribution in [0.15, 0.2) is 6.07 Å². The first-order valence-electron chi connectivity index (χ1n) is 5.38. The normalized spacial score (nSPS) is 10.4. The average Bonchev–Trinajstić information content (AvgIpc) is 2.27. The van der Waals surface area contributed by atoms with Gasteiger partial charge in [0.1, 0.15) is 11.6 Å². The maximum Gasteiger partial charge on any atom is 0.133 e. The van der Waals surface area contributed by atoms with Crippen molar-refractivity contribution in [2.45, 2.75) is 20.0 Å². The first-order chi connectivity index (χ1) is 7.80. The van der Waals surface area contributed by atoms with Gasteiger partial charge in [0.15, 0.2) is 0 Å². The van der Waals surface area contributed by atoms with Gasteiger partial charge in [-0.05, 0) is 6.92 Å². The second kappa shape index (κ2) is 7.14. The Balaban J connectivity index is 2.80. The minimum absolute atomic E-state index is 0.501. The zero-order valence-corrected chi connectivity index (χ0v) is 10.1. The van der Waals surface area contributed by atoms with Crippen molar-refractivity contribution in [2.75, 3.05) is 32.7 Å². The average molecular weight is 225 g/mol. The minimum atomic E-state index is 0.501. The van der Waals surface area contributed by atoms with Crippen molar-refractivity contribution in [3.8, 4) is 0 Å². The van der Waals surface area contributed by atoms with E-state index >= 15 is 0 Å². The molecule has 0 atom stereocenters. The lowest BCUT2D eigenvalue weighted by Gasteiger charge is -2.08.